The van der Waals surface area contributed by atoms with Gasteiger partial charge in [-0.3, -0.25) is 0 Å². The van der Waals surface area contributed by atoms with Crippen molar-refractivity contribution < 1.29 is 0 Å². The van der Waals surface area contributed by atoms with Gasteiger partial charge in [0, 0.05) is 24.5 Å². The molecule has 4 nitrogen and oxygen atoms in total. The van der Waals surface area contributed by atoms with Crippen LogP contribution in [0.1, 0.15) is 11.3 Å². The van der Waals surface area contributed by atoms with Crippen LogP contribution in [0.25, 0.3) is 10.9 Å². The van der Waals surface area contributed by atoms with E-state index >= 15 is 0 Å². The number of aromatic nitrogens is 3. The third-order valence-electron chi connectivity index (χ3n) is 2.94. The predicted octanol–water partition coefficient (Wildman–Crippen LogP) is 2.88. The molecule has 0 aliphatic rings. The first-order valence-corrected chi connectivity index (χ1v) is 5.90. The van der Waals surface area contributed by atoms with Crippen molar-refractivity contribution in [2.75, 3.05) is 5.32 Å². The van der Waals surface area contributed by atoms with Crippen molar-refractivity contribution >= 4 is 16.7 Å². The highest BCUT2D eigenvalue weighted by Crippen LogP contribution is 2.17. The molecule has 3 rings (SSSR count). The van der Waals surface area contributed by atoms with Crippen molar-refractivity contribution in [1.29, 1.82) is 0 Å². The van der Waals surface area contributed by atoms with Crippen LogP contribution in [0, 0.1) is 6.92 Å². The summed E-state index contributed by atoms with van der Waals surface area (Å²) in [5.41, 5.74) is 3.37. The van der Waals surface area contributed by atoms with Gasteiger partial charge in [0.1, 0.15) is 12.1 Å². The maximum atomic E-state index is 4.19. The monoisotopic (exact) mass is 238 g/mol. The van der Waals surface area contributed by atoms with Crippen LogP contribution in [0.5, 0.6) is 0 Å². The topological polar surface area (TPSA) is 53.6 Å². The van der Waals surface area contributed by atoms with Crippen LogP contribution >= 0.6 is 0 Å². The molecule has 90 valence electrons. The summed E-state index contributed by atoms with van der Waals surface area (Å²) in [5, 5.41) is 4.54. The summed E-state index contributed by atoms with van der Waals surface area (Å²) in [7, 11) is 0. The Balaban J connectivity index is 1.83. The van der Waals surface area contributed by atoms with Gasteiger partial charge in [-0.2, -0.15) is 0 Å². The van der Waals surface area contributed by atoms with Gasteiger partial charge in [0.15, 0.2) is 0 Å². The van der Waals surface area contributed by atoms with E-state index in [-0.39, 0.29) is 0 Å². The van der Waals surface area contributed by atoms with E-state index in [1.807, 2.05) is 19.2 Å². The number of rotatable bonds is 3. The lowest BCUT2D eigenvalue weighted by atomic mass is 10.1. The van der Waals surface area contributed by atoms with E-state index in [1.54, 1.807) is 6.33 Å². The molecular formula is C14H14N4. The standard InChI is InChI=1S/C14H14N4/c1-10-7-13(18-9-17-10)16-8-12-4-2-3-11-5-6-15-14(11)12/h2-7,9,15H,8H2,1H3,(H,16,17,18). The molecule has 0 aliphatic heterocycles. The Hall–Kier alpha value is -2.36. The first kappa shape index (κ1) is 10.8. The molecule has 0 saturated carbocycles. The Morgan fingerprint density at radius 1 is 1.22 bits per heavy atom. The lowest BCUT2D eigenvalue weighted by Crippen LogP contribution is -2.02. The maximum Gasteiger partial charge on any atom is 0.129 e. The van der Waals surface area contributed by atoms with Gasteiger partial charge in [-0.1, -0.05) is 18.2 Å². The molecule has 0 fully saturated rings. The summed E-state index contributed by atoms with van der Waals surface area (Å²) in [6, 6.07) is 10.3. The van der Waals surface area contributed by atoms with E-state index in [1.165, 1.54) is 16.5 Å². The number of fused-ring (bicyclic) bond motifs is 1. The van der Waals surface area contributed by atoms with Gasteiger partial charge >= 0.3 is 0 Å². The van der Waals surface area contributed by atoms with Crippen molar-refractivity contribution in [2.45, 2.75) is 13.5 Å². The summed E-state index contributed by atoms with van der Waals surface area (Å²) in [6.07, 6.45) is 3.54. The van der Waals surface area contributed by atoms with Crippen LogP contribution in [0.3, 0.4) is 0 Å². The highest BCUT2D eigenvalue weighted by molar-refractivity contribution is 5.82. The average molecular weight is 238 g/mol. The van der Waals surface area contributed by atoms with Crippen LogP contribution in [-0.2, 0) is 6.54 Å². The zero-order chi connectivity index (χ0) is 12.4. The third kappa shape index (κ3) is 2.05. The number of nitrogens with zero attached hydrogens (tertiary/aromatic N) is 2. The number of aromatic amines is 1. The van der Waals surface area contributed by atoms with Crippen molar-refractivity contribution in [2.24, 2.45) is 0 Å². The number of aryl methyl sites for hydroxylation is 1. The minimum Gasteiger partial charge on any atom is -0.366 e. The van der Waals surface area contributed by atoms with Crippen LogP contribution in [0.15, 0.2) is 42.9 Å². The Morgan fingerprint density at radius 3 is 3.06 bits per heavy atom. The van der Waals surface area contributed by atoms with Gasteiger partial charge in [-0.25, -0.2) is 9.97 Å². The largest absolute Gasteiger partial charge is 0.366 e. The van der Waals surface area contributed by atoms with Gasteiger partial charge in [-0.15, -0.1) is 0 Å². The van der Waals surface area contributed by atoms with Crippen molar-refractivity contribution in [3.8, 4) is 0 Å². The van der Waals surface area contributed by atoms with Gasteiger partial charge in [0.05, 0.1) is 5.52 Å². The van der Waals surface area contributed by atoms with Gasteiger partial charge in [-0.05, 0) is 23.9 Å². The fraction of sp³-hybridized carbons (Fsp3) is 0.143. The van der Waals surface area contributed by atoms with Crippen molar-refractivity contribution in [1.82, 2.24) is 15.0 Å². The summed E-state index contributed by atoms with van der Waals surface area (Å²) in [5.74, 6) is 0.853. The fourth-order valence-corrected chi connectivity index (χ4v) is 2.03. The number of hydrogen-bond donors (Lipinski definition) is 2. The van der Waals surface area contributed by atoms with Crippen LogP contribution < -0.4 is 5.32 Å². The first-order valence-electron chi connectivity index (χ1n) is 5.90. The number of H-pyrrole nitrogens is 1. The van der Waals surface area contributed by atoms with E-state index in [2.05, 4.69) is 44.5 Å². The van der Waals surface area contributed by atoms with Crippen LogP contribution in [0.2, 0.25) is 0 Å². The minimum absolute atomic E-state index is 0.744. The molecule has 0 saturated heterocycles. The van der Waals surface area contributed by atoms with E-state index in [4.69, 9.17) is 0 Å². The Bertz CT molecular complexity index is 672. The van der Waals surface area contributed by atoms with Crippen molar-refractivity contribution in [3.05, 3.63) is 54.1 Å². The van der Waals surface area contributed by atoms with Crippen LogP contribution in [0.4, 0.5) is 5.82 Å². The summed E-state index contributed by atoms with van der Waals surface area (Å²) < 4.78 is 0. The third-order valence-corrected chi connectivity index (χ3v) is 2.94. The summed E-state index contributed by atoms with van der Waals surface area (Å²) >= 11 is 0. The lowest BCUT2D eigenvalue weighted by Gasteiger charge is -2.07. The normalized spacial score (nSPS) is 10.7. The molecular weight excluding hydrogens is 224 g/mol. The SMILES string of the molecule is Cc1cc(NCc2cccc3cc[nH]c23)ncn1. The number of nitrogens with one attached hydrogen (secondary N) is 2. The summed E-state index contributed by atoms with van der Waals surface area (Å²) in [4.78, 5) is 11.5. The Kier molecular flexibility index (Phi) is 2.68. The molecule has 2 aromatic heterocycles. The molecule has 0 unspecified atom stereocenters. The van der Waals surface area contributed by atoms with E-state index in [0.29, 0.717) is 0 Å². The lowest BCUT2D eigenvalue weighted by molar-refractivity contribution is 1.06. The number of para-hydroxylation sites is 1. The predicted molar refractivity (Wildman–Crippen MR) is 72.4 cm³/mol. The second-order valence-electron chi connectivity index (χ2n) is 4.26. The molecule has 4 heteroatoms. The Labute approximate surface area is 105 Å². The molecule has 0 bridgehead atoms. The summed E-state index contributed by atoms with van der Waals surface area (Å²) in [6.45, 7) is 2.70. The molecule has 2 N–H and O–H groups in total. The van der Waals surface area contributed by atoms with Gasteiger partial charge in [0.2, 0.25) is 0 Å². The van der Waals surface area contributed by atoms with Gasteiger partial charge < -0.3 is 10.3 Å². The highest BCUT2D eigenvalue weighted by Gasteiger charge is 2.02. The highest BCUT2D eigenvalue weighted by atomic mass is 15.0. The molecule has 0 atom stereocenters. The first-order chi connectivity index (χ1) is 8.83. The number of benzene rings is 1. The minimum atomic E-state index is 0.744. The molecule has 0 spiro atoms. The quantitative estimate of drug-likeness (QED) is 0.737. The second-order valence-corrected chi connectivity index (χ2v) is 4.26. The molecule has 2 heterocycles. The smallest absolute Gasteiger partial charge is 0.129 e. The molecule has 0 amide bonds. The fourth-order valence-electron chi connectivity index (χ4n) is 2.03. The van der Waals surface area contributed by atoms with Crippen LogP contribution in [-0.4, -0.2) is 15.0 Å². The average Bonchev–Trinajstić information content (AvgIpc) is 2.85. The van der Waals surface area contributed by atoms with E-state index in [9.17, 15) is 0 Å². The molecule has 3 aromatic rings. The number of anilines is 1. The second kappa shape index (κ2) is 4.49. The van der Waals surface area contributed by atoms with E-state index < -0.39 is 0 Å². The van der Waals surface area contributed by atoms with Gasteiger partial charge in [0.25, 0.3) is 0 Å². The van der Waals surface area contributed by atoms with E-state index in [0.717, 1.165) is 18.1 Å². The zero-order valence-electron chi connectivity index (χ0n) is 10.1. The molecule has 18 heavy (non-hydrogen) atoms. The number of hydrogen-bond acceptors (Lipinski definition) is 3. The molecule has 0 aliphatic carbocycles. The van der Waals surface area contributed by atoms with Crippen molar-refractivity contribution in [3.63, 3.8) is 0 Å². The maximum absolute atomic E-state index is 4.19. The molecule has 1 aromatic carbocycles. The Morgan fingerprint density at radius 2 is 2.17 bits per heavy atom. The molecule has 0 radical (unpaired) electrons. The zero-order valence-corrected chi connectivity index (χ0v) is 10.1.